The summed E-state index contributed by atoms with van der Waals surface area (Å²) in [6.45, 7) is 2.59. The minimum atomic E-state index is -1.37. The van der Waals surface area contributed by atoms with Crippen LogP contribution in [-0.2, 0) is 0 Å². The van der Waals surface area contributed by atoms with Crippen LogP contribution in [0.25, 0.3) is 0 Å². The number of unbranched alkanes of at least 4 members (excludes halogenated alkanes) is 9. The first kappa shape index (κ1) is 20.9. The average molecular weight is 351 g/mol. The summed E-state index contributed by atoms with van der Waals surface area (Å²) in [7, 11) is 0. The SMILES string of the molecule is CCCCCCCCCCCCOc1ccnc(C(=O)O)c1C(=O)O. The van der Waals surface area contributed by atoms with Crippen molar-refractivity contribution in [1.29, 1.82) is 0 Å². The number of carboxylic acid groups (broad SMARTS) is 2. The summed E-state index contributed by atoms with van der Waals surface area (Å²) in [4.78, 5) is 25.9. The van der Waals surface area contributed by atoms with Gasteiger partial charge in [0.1, 0.15) is 11.3 Å². The van der Waals surface area contributed by atoms with Gasteiger partial charge >= 0.3 is 11.9 Å². The molecule has 140 valence electrons. The van der Waals surface area contributed by atoms with Crippen LogP contribution < -0.4 is 4.74 Å². The first-order valence-corrected chi connectivity index (χ1v) is 9.16. The van der Waals surface area contributed by atoms with Gasteiger partial charge in [0.2, 0.25) is 0 Å². The van der Waals surface area contributed by atoms with Crippen molar-refractivity contribution >= 4 is 11.9 Å². The third-order valence-electron chi connectivity index (χ3n) is 4.08. The number of aromatic nitrogens is 1. The Labute approximate surface area is 149 Å². The lowest BCUT2D eigenvalue weighted by Gasteiger charge is -2.10. The lowest BCUT2D eigenvalue weighted by atomic mass is 10.1. The molecular formula is C19H29NO5. The molecule has 0 bridgehead atoms. The molecule has 0 aliphatic carbocycles. The van der Waals surface area contributed by atoms with Gasteiger partial charge in [0, 0.05) is 6.20 Å². The van der Waals surface area contributed by atoms with Crippen LogP contribution in [0.4, 0.5) is 0 Å². The molecule has 0 aliphatic rings. The fourth-order valence-electron chi connectivity index (χ4n) is 2.70. The Hall–Kier alpha value is -2.11. The van der Waals surface area contributed by atoms with E-state index in [1.54, 1.807) is 0 Å². The number of carbonyl (C=O) groups is 2. The second kappa shape index (κ2) is 12.3. The first-order chi connectivity index (χ1) is 12.1. The predicted molar refractivity (Wildman–Crippen MR) is 95.5 cm³/mol. The Morgan fingerprint density at radius 1 is 0.920 bits per heavy atom. The van der Waals surface area contributed by atoms with Gasteiger partial charge in [-0.05, 0) is 12.5 Å². The van der Waals surface area contributed by atoms with Crippen LogP contribution in [0.2, 0.25) is 0 Å². The third-order valence-corrected chi connectivity index (χ3v) is 4.08. The third kappa shape index (κ3) is 8.01. The fourth-order valence-corrected chi connectivity index (χ4v) is 2.70. The van der Waals surface area contributed by atoms with Crippen molar-refractivity contribution < 1.29 is 24.5 Å². The van der Waals surface area contributed by atoms with E-state index in [0.717, 1.165) is 19.3 Å². The molecule has 25 heavy (non-hydrogen) atoms. The molecular weight excluding hydrogens is 322 g/mol. The highest BCUT2D eigenvalue weighted by atomic mass is 16.5. The summed E-state index contributed by atoms with van der Waals surface area (Å²) >= 11 is 0. The number of rotatable bonds is 14. The Kier molecular flexibility index (Phi) is 10.3. The van der Waals surface area contributed by atoms with E-state index in [9.17, 15) is 14.7 Å². The molecule has 0 amide bonds. The molecule has 1 heterocycles. The van der Waals surface area contributed by atoms with Crippen molar-refractivity contribution in [2.45, 2.75) is 71.1 Å². The normalized spacial score (nSPS) is 10.6. The first-order valence-electron chi connectivity index (χ1n) is 9.16. The summed E-state index contributed by atoms with van der Waals surface area (Å²) in [6, 6.07) is 1.40. The number of nitrogens with zero attached hydrogens (tertiary/aromatic N) is 1. The zero-order valence-corrected chi connectivity index (χ0v) is 15.0. The van der Waals surface area contributed by atoms with Crippen molar-refractivity contribution in [1.82, 2.24) is 4.98 Å². The van der Waals surface area contributed by atoms with E-state index in [4.69, 9.17) is 9.84 Å². The van der Waals surface area contributed by atoms with Crippen LogP contribution in [0.1, 0.15) is 92.0 Å². The van der Waals surface area contributed by atoms with Crippen molar-refractivity contribution in [3.63, 3.8) is 0 Å². The fraction of sp³-hybridized carbons (Fsp3) is 0.632. The van der Waals surface area contributed by atoms with Gasteiger partial charge in [-0.2, -0.15) is 0 Å². The highest BCUT2D eigenvalue weighted by Crippen LogP contribution is 2.21. The number of pyridine rings is 1. The van der Waals surface area contributed by atoms with Gasteiger partial charge in [0.25, 0.3) is 0 Å². The molecule has 0 aliphatic heterocycles. The molecule has 1 aromatic heterocycles. The van der Waals surface area contributed by atoms with E-state index in [1.807, 2.05) is 0 Å². The largest absolute Gasteiger partial charge is 0.493 e. The second-order valence-corrected chi connectivity index (χ2v) is 6.17. The van der Waals surface area contributed by atoms with Crippen LogP contribution >= 0.6 is 0 Å². The topological polar surface area (TPSA) is 96.7 Å². The lowest BCUT2D eigenvalue weighted by molar-refractivity contribution is 0.0642. The molecule has 0 fully saturated rings. The minimum Gasteiger partial charge on any atom is -0.493 e. The van der Waals surface area contributed by atoms with E-state index in [-0.39, 0.29) is 11.3 Å². The molecule has 0 saturated carbocycles. The minimum absolute atomic E-state index is 0.0656. The monoisotopic (exact) mass is 351 g/mol. The lowest BCUT2D eigenvalue weighted by Crippen LogP contribution is -2.13. The maximum absolute atomic E-state index is 11.3. The van der Waals surface area contributed by atoms with Gasteiger partial charge in [0.05, 0.1) is 6.61 Å². The standard InChI is InChI=1S/C19H29NO5/c1-2-3-4-5-6-7-8-9-10-11-14-25-15-12-13-20-17(19(23)24)16(15)18(21)22/h12-13H,2-11,14H2,1H3,(H,21,22)(H,23,24). The molecule has 0 saturated heterocycles. The second-order valence-electron chi connectivity index (χ2n) is 6.17. The van der Waals surface area contributed by atoms with Crippen molar-refractivity contribution in [2.75, 3.05) is 6.61 Å². The van der Waals surface area contributed by atoms with Gasteiger partial charge in [0.15, 0.2) is 5.69 Å². The van der Waals surface area contributed by atoms with Gasteiger partial charge in [-0.3, -0.25) is 0 Å². The number of carboxylic acids is 2. The molecule has 0 atom stereocenters. The molecule has 6 nitrogen and oxygen atoms in total. The van der Waals surface area contributed by atoms with E-state index < -0.39 is 17.6 Å². The van der Waals surface area contributed by atoms with Crippen molar-refractivity contribution in [3.05, 3.63) is 23.5 Å². The molecule has 0 spiro atoms. The van der Waals surface area contributed by atoms with Crippen LogP contribution in [0.15, 0.2) is 12.3 Å². The maximum Gasteiger partial charge on any atom is 0.355 e. The maximum atomic E-state index is 11.3. The van der Waals surface area contributed by atoms with Crippen LogP contribution in [0.5, 0.6) is 5.75 Å². The van der Waals surface area contributed by atoms with Crippen LogP contribution in [-0.4, -0.2) is 33.7 Å². The van der Waals surface area contributed by atoms with E-state index in [1.165, 1.54) is 57.2 Å². The zero-order valence-electron chi connectivity index (χ0n) is 15.0. The van der Waals surface area contributed by atoms with E-state index in [0.29, 0.717) is 6.61 Å². The molecule has 0 aromatic carbocycles. The Morgan fingerprint density at radius 2 is 1.48 bits per heavy atom. The van der Waals surface area contributed by atoms with Crippen LogP contribution in [0.3, 0.4) is 0 Å². The summed E-state index contributed by atoms with van der Waals surface area (Å²) in [5.74, 6) is -2.65. The van der Waals surface area contributed by atoms with E-state index in [2.05, 4.69) is 11.9 Å². The smallest absolute Gasteiger partial charge is 0.355 e. The molecule has 1 rings (SSSR count). The quantitative estimate of drug-likeness (QED) is 0.468. The molecule has 0 unspecified atom stereocenters. The summed E-state index contributed by atoms with van der Waals surface area (Å²) < 4.78 is 5.48. The summed E-state index contributed by atoms with van der Waals surface area (Å²) in [5, 5.41) is 18.2. The van der Waals surface area contributed by atoms with Crippen molar-refractivity contribution in [3.8, 4) is 5.75 Å². The Morgan fingerprint density at radius 3 is 2.00 bits per heavy atom. The molecule has 1 aromatic rings. The number of hydrogen-bond acceptors (Lipinski definition) is 4. The number of ether oxygens (including phenoxy) is 1. The highest BCUT2D eigenvalue weighted by molar-refractivity contribution is 6.02. The molecule has 2 N–H and O–H groups in total. The highest BCUT2D eigenvalue weighted by Gasteiger charge is 2.22. The summed E-state index contributed by atoms with van der Waals surface area (Å²) in [6.07, 6.45) is 13.3. The average Bonchev–Trinajstić information content (AvgIpc) is 2.59. The number of hydrogen-bond donors (Lipinski definition) is 2. The Bertz CT molecular complexity index is 545. The van der Waals surface area contributed by atoms with E-state index >= 15 is 0 Å². The summed E-state index contributed by atoms with van der Waals surface area (Å²) in [5.41, 5.74) is -0.879. The Balaban J connectivity index is 2.25. The van der Waals surface area contributed by atoms with Gasteiger partial charge in [-0.15, -0.1) is 0 Å². The van der Waals surface area contributed by atoms with Gasteiger partial charge in [-0.1, -0.05) is 64.7 Å². The van der Waals surface area contributed by atoms with Gasteiger partial charge < -0.3 is 14.9 Å². The molecule has 6 heteroatoms. The predicted octanol–water partition coefficient (Wildman–Crippen LogP) is 4.78. The molecule has 0 radical (unpaired) electrons. The van der Waals surface area contributed by atoms with Gasteiger partial charge in [-0.25, -0.2) is 14.6 Å². The number of aromatic carboxylic acids is 2. The zero-order chi connectivity index (χ0) is 18.5. The van der Waals surface area contributed by atoms with Crippen LogP contribution in [0, 0.1) is 0 Å². The van der Waals surface area contributed by atoms with Crippen molar-refractivity contribution in [2.24, 2.45) is 0 Å².